The number of hydrogen-bond donors (Lipinski definition) is 1. The third-order valence-corrected chi connectivity index (χ3v) is 4.01. The maximum Gasteiger partial charge on any atom is 0.137 e. The summed E-state index contributed by atoms with van der Waals surface area (Å²) in [6, 6.07) is 8.50. The first-order valence-electron chi connectivity index (χ1n) is 7.42. The Hall–Kier alpha value is -2.70. The minimum atomic E-state index is -0.684. The van der Waals surface area contributed by atoms with Gasteiger partial charge < -0.3 is 5.73 Å². The van der Waals surface area contributed by atoms with E-state index in [-0.39, 0.29) is 5.92 Å². The van der Waals surface area contributed by atoms with Gasteiger partial charge in [-0.1, -0.05) is 12.1 Å². The molecule has 0 aliphatic rings. The van der Waals surface area contributed by atoms with E-state index in [0.717, 1.165) is 22.3 Å². The smallest absolute Gasteiger partial charge is 0.137 e. The molecule has 118 valence electrons. The molecule has 1 aromatic carbocycles. The van der Waals surface area contributed by atoms with Crippen molar-refractivity contribution in [2.45, 2.75) is 45.2 Å². The topological polar surface area (TPSA) is 104 Å². The van der Waals surface area contributed by atoms with Crippen molar-refractivity contribution in [1.82, 2.24) is 14.8 Å². The Morgan fingerprint density at radius 1 is 1.35 bits per heavy atom. The van der Waals surface area contributed by atoms with Gasteiger partial charge in [0.25, 0.3) is 0 Å². The van der Waals surface area contributed by atoms with E-state index < -0.39 is 5.41 Å². The van der Waals surface area contributed by atoms with E-state index in [1.807, 2.05) is 32.9 Å². The van der Waals surface area contributed by atoms with Crippen molar-refractivity contribution in [3.63, 3.8) is 0 Å². The van der Waals surface area contributed by atoms with E-state index >= 15 is 0 Å². The quantitative estimate of drug-likeness (QED) is 0.911. The number of rotatable bonds is 5. The Bertz CT molecular complexity index is 762. The summed E-state index contributed by atoms with van der Waals surface area (Å²) in [5.74, 6) is -0.260. The van der Waals surface area contributed by atoms with Crippen LogP contribution in [0.4, 0.5) is 0 Å². The summed E-state index contributed by atoms with van der Waals surface area (Å²) >= 11 is 0. The molecule has 1 aromatic heterocycles. The molecule has 1 heterocycles. The first-order valence-corrected chi connectivity index (χ1v) is 7.42. The molecule has 0 saturated heterocycles. The van der Waals surface area contributed by atoms with E-state index in [1.165, 1.54) is 6.33 Å². The van der Waals surface area contributed by atoms with Crippen LogP contribution in [0.1, 0.15) is 48.9 Å². The van der Waals surface area contributed by atoms with Crippen molar-refractivity contribution >= 4 is 0 Å². The van der Waals surface area contributed by atoms with Crippen LogP contribution in [0, 0.1) is 22.7 Å². The molecule has 0 aliphatic heterocycles. The van der Waals surface area contributed by atoms with Crippen LogP contribution in [0.5, 0.6) is 0 Å². The third kappa shape index (κ3) is 3.39. The molecule has 6 heteroatoms. The lowest BCUT2D eigenvalue weighted by Gasteiger charge is -2.24. The fraction of sp³-hybridized carbons (Fsp3) is 0.412. The molecule has 0 fully saturated rings. The summed E-state index contributed by atoms with van der Waals surface area (Å²) in [5.41, 5.74) is 8.95. The Kier molecular flexibility index (Phi) is 4.78. The van der Waals surface area contributed by atoms with Gasteiger partial charge in [-0.15, -0.1) is 0 Å². The van der Waals surface area contributed by atoms with Crippen molar-refractivity contribution in [2.24, 2.45) is 5.73 Å². The number of nitrogens with two attached hydrogens (primary N) is 1. The van der Waals surface area contributed by atoms with Gasteiger partial charge in [0.1, 0.15) is 12.7 Å². The first-order chi connectivity index (χ1) is 10.9. The largest absolute Gasteiger partial charge is 0.326 e. The summed E-state index contributed by atoms with van der Waals surface area (Å²) in [5, 5.41) is 22.9. The minimum Gasteiger partial charge on any atom is -0.326 e. The van der Waals surface area contributed by atoms with Gasteiger partial charge in [-0.3, -0.25) is 0 Å². The lowest BCUT2D eigenvalue weighted by atomic mass is 9.79. The van der Waals surface area contributed by atoms with E-state index in [1.54, 1.807) is 11.0 Å². The molecule has 23 heavy (non-hydrogen) atoms. The fourth-order valence-electron chi connectivity index (χ4n) is 2.57. The van der Waals surface area contributed by atoms with Gasteiger partial charge in [-0.2, -0.15) is 15.6 Å². The molecular formula is C17H20N6. The highest BCUT2D eigenvalue weighted by atomic mass is 15.3. The number of hydrogen-bond acceptors (Lipinski definition) is 5. The van der Waals surface area contributed by atoms with Gasteiger partial charge in [0.15, 0.2) is 0 Å². The van der Waals surface area contributed by atoms with E-state index in [2.05, 4.69) is 22.2 Å². The second-order valence-corrected chi connectivity index (χ2v) is 6.09. The third-order valence-electron chi connectivity index (χ3n) is 4.01. The highest BCUT2D eigenvalue weighted by Crippen LogP contribution is 2.32. The van der Waals surface area contributed by atoms with Crippen molar-refractivity contribution in [3.8, 4) is 12.1 Å². The maximum absolute atomic E-state index is 9.52. The second kappa shape index (κ2) is 6.60. The zero-order valence-electron chi connectivity index (χ0n) is 13.6. The van der Waals surface area contributed by atoms with Crippen LogP contribution < -0.4 is 5.73 Å². The lowest BCUT2D eigenvalue weighted by Crippen LogP contribution is -2.21. The van der Waals surface area contributed by atoms with E-state index in [0.29, 0.717) is 13.1 Å². The molecule has 0 aliphatic carbocycles. The summed E-state index contributed by atoms with van der Waals surface area (Å²) in [4.78, 5) is 3.95. The van der Waals surface area contributed by atoms with Crippen LogP contribution in [0.15, 0.2) is 24.8 Å². The van der Waals surface area contributed by atoms with E-state index in [4.69, 9.17) is 5.73 Å². The minimum absolute atomic E-state index is 0.260. The number of benzene rings is 1. The molecule has 0 radical (unpaired) electrons. The monoisotopic (exact) mass is 308 g/mol. The van der Waals surface area contributed by atoms with Crippen molar-refractivity contribution in [2.75, 3.05) is 0 Å². The molecule has 2 aromatic rings. The molecule has 0 bridgehead atoms. The molecule has 2 rings (SSSR count). The Balaban J connectivity index is 2.66. The van der Waals surface area contributed by atoms with Crippen molar-refractivity contribution in [1.29, 1.82) is 10.5 Å². The fourth-order valence-corrected chi connectivity index (χ4v) is 2.57. The average molecular weight is 308 g/mol. The van der Waals surface area contributed by atoms with Gasteiger partial charge in [0.05, 0.1) is 30.0 Å². The van der Waals surface area contributed by atoms with Crippen LogP contribution in [-0.4, -0.2) is 14.8 Å². The van der Waals surface area contributed by atoms with Crippen LogP contribution in [0.3, 0.4) is 0 Å². The summed E-state index contributed by atoms with van der Waals surface area (Å²) in [7, 11) is 0. The van der Waals surface area contributed by atoms with Crippen LogP contribution in [0.25, 0.3) is 0 Å². The van der Waals surface area contributed by atoms with E-state index in [9.17, 15) is 10.5 Å². The number of nitriles is 2. The molecule has 0 spiro atoms. The Labute approximate surface area is 136 Å². The molecule has 2 N–H and O–H groups in total. The molecule has 0 saturated carbocycles. The van der Waals surface area contributed by atoms with Crippen LogP contribution in [-0.2, 0) is 18.5 Å². The van der Waals surface area contributed by atoms with Gasteiger partial charge in [0, 0.05) is 6.54 Å². The zero-order valence-corrected chi connectivity index (χ0v) is 13.6. The summed E-state index contributed by atoms with van der Waals surface area (Å²) in [6.45, 7) is 6.40. The predicted octanol–water partition coefficient (Wildman–Crippen LogP) is 2.21. The highest BCUT2D eigenvalue weighted by Gasteiger charge is 2.26. The van der Waals surface area contributed by atoms with Gasteiger partial charge in [0.2, 0.25) is 0 Å². The summed E-state index contributed by atoms with van der Waals surface area (Å²) < 4.78 is 1.71. The first kappa shape index (κ1) is 16.7. The van der Waals surface area contributed by atoms with Crippen LogP contribution >= 0.6 is 0 Å². The van der Waals surface area contributed by atoms with Gasteiger partial charge in [-0.05, 0) is 43.0 Å². The predicted molar refractivity (Wildman–Crippen MR) is 86.1 cm³/mol. The van der Waals surface area contributed by atoms with Gasteiger partial charge >= 0.3 is 0 Å². The van der Waals surface area contributed by atoms with Crippen molar-refractivity contribution in [3.05, 3.63) is 47.0 Å². The Morgan fingerprint density at radius 2 is 2.09 bits per heavy atom. The highest BCUT2D eigenvalue weighted by molar-refractivity contribution is 5.47. The van der Waals surface area contributed by atoms with Crippen LogP contribution in [0.2, 0.25) is 0 Å². The lowest BCUT2D eigenvalue weighted by molar-refractivity contribution is 0.649. The zero-order chi connectivity index (χ0) is 17.0. The molecule has 0 amide bonds. The summed E-state index contributed by atoms with van der Waals surface area (Å²) in [6.07, 6.45) is 3.11. The average Bonchev–Trinajstić information content (AvgIpc) is 3.06. The number of nitrogens with zero attached hydrogens (tertiary/aromatic N) is 5. The SMILES string of the molecule is CC(C#N)c1cc(Cn2cncn2)c(CN)c(C(C)(C)C#N)c1. The second-order valence-electron chi connectivity index (χ2n) is 6.09. The standard InChI is InChI=1S/C17H20N6/c1-12(6-18)13-4-14(8-23-11-21-10-22-23)15(7-19)16(5-13)17(2,3)9-20/h4-5,10-12H,7-8,19H2,1-3H3. The molecule has 1 unspecified atom stereocenters. The molecule has 6 nitrogen and oxygen atoms in total. The molecule has 1 atom stereocenters. The maximum atomic E-state index is 9.52. The van der Waals surface area contributed by atoms with Crippen molar-refractivity contribution < 1.29 is 0 Å². The Morgan fingerprint density at radius 3 is 2.61 bits per heavy atom. The normalized spacial score (nSPS) is 12.4. The number of aromatic nitrogens is 3. The molecular weight excluding hydrogens is 288 g/mol. The van der Waals surface area contributed by atoms with Gasteiger partial charge in [-0.25, -0.2) is 9.67 Å².